The molecule has 0 amide bonds. The molecule has 3 aliphatic heterocycles. The van der Waals surface area contributed by atoms with Crippen LogP contribution in [-0.4, -0.2) is 39.4 Å². The smallest absolute Gasteiger partial charge is 0.160 e. The lowest BCUT2D eigenvalue weighted by molar-refractivity contribution is 0.321. The maximum Gasteiger partial charge on any atom is 0.160 e. The minimum atomic E-state index is -0.0428. The zero-order valence-electron chi connectivity index (χ0n) is 18.1. The first kappa shape index (κ1) is 20.0. The molecular weight excluding hydrogens is 412 g/mol. The molecular formula is C24H27ClN4S. The number of halogens is 1. The molecule has 0 bridgehead atoms. The molecule has 1 fully saturated rings. The van der Waals surface area contributed by atoms with Crippen LogP contribution in [0.15, 0.2) is 47.6 Å². The Bertz CT molecular complexity index is 1060. The summed E-state index contributed by atoms with van der Waals surface area (Å²) in [5, 5.41) is 2.45. The van der Waals surface area contributed by atoms with Crippen LogP contribution >= 0.6 is 23.4 Å². The van der Waals surface area contributed by atoms with Gasteiger partial charge in [-0.15, -0.1) is 0 Å². The number of pyridine rings is 1. The Morgan fingerprint density at radius 1 is 1.23 bits per heavy atom. The fourth-order valence-corrected chi connectivity index (χ4v) is 6.23. The molecule has 0 spiro atoms. The van der Waals surface area contributed by atoms with E-state index in [9.17, 15) is 0 Å². The number of hydrogen-bond acceptors (Lipinski definition) is 5. The summed E-state index contributed by atoms with van der Waals surface area (Å²) >= 11 is 8.83. The Balaban J connectivity index is 1.65. The standard InChI is InChI=1S/C24H27ClN4S/c1-14-12-24(3,4)28(5)20-11-18(25)17(10-16(14)20)22-21(19-8-6-7-9-26-19)27-23-29(22)13-15(2)30-23/h6-12,15,21-22H,13H2,1-5H3/t15-,21+,22+/m0/s1. The fourth-order valence-electron chi connectivity index (χ4n) is 4.87. The lowest BCUT2D eigenvalue weighted by Crippen LogP contribution is -2.42. The molecule has 0 unspecified atom stereocenters. The lowest BCUT2D eigenvalue weighted by atomic mass is 9.86. The third-order valence-corrected chi connectivity index (χ3v) is 7.96. The van der Waals surface area contributed by atoms with Crippen molar-refractivity contribution in [1.82, 2.24) is 9.88 Å². The SMILES string of the molecule is CC1=CC(C)(C)N(C)c2cc(Cl)c([C@@H]3[C@@H](c4ccccn4)N=C4S[C@@H](C)CN43)cc21. The molecule has 6 heteroatoms. The van der Waals surface area contributed by atoms with Gasteiger partial charge in [0.25, 0.3) is 0 Å². The first-order valence-electron chi connectivity index (χ1n) is 10.5. The minimum Gasteiger partial charge on any atom is -0.365 e. The maximum absolute atomic E-state index is 6.98. The zero-order chi connectivity index (χ0) is 21.2. The van der Waals surface area contributed by atoms with Crippen molar-refractivity contribution in [3.8, 4) is 0 Å². The van der Waals surface area contributed by atoms with E-state index in [4.69, 9.17) is 16.6 Å². The third-order valence-electron chi connectivity index (χ3n) is 6.54. The summed E-state index contributed by atoms with van der Waals surface area (Å²) < 4.78 is 0. The van der Waals surface area contributed by atoms with Gasteiger partial charge in [0.15, 0.2) is 5.17 Å². The molecule has 4 nitrogen and oxygen atoms in total. The highest BCUT2D eigenvalue weighted by Gasteiger charge is 2.44. The highest BCUT2D eigenvalue weighted by molar-refractivity contribution is 8.14. The average molecular weight is 439 g/mol. The van der Waals surface area contributed by atoms with Crippen LogP contribution in [0.5, 0.6) is 0 Å². The zero-order valence-corrected chi connectivity index (χ0v) is 19.6. The summed E-state index contributed by atoms with van der Waals surface area (Å²) in [6.07, 6.45) is 4.19. The van der Waals surface area contributed by atoms with E-state index in [2.05, 4.69) is 73.8 Å². The number of allylic oxidation sites excluding steroid dienone is 1. The Labute approximate surface area is 188 Å². The monoisotopic (exact) mass is 438 g/mol. The Hall–Kier alpha value is -1.98. The van der Waals surface area contributed by atoms with E-state index in [1.807, 2.05) is 30.1 Å². The molecule has 1 saturated heterocycles. The van der Waals surface area contributed by atoms with Gasteiger partial charge in [0.05, 0.1) is 17.3 Å². The average Bonchev–Trinajstić information content (AvgIpc) is 3.22. The van der Waals surface area contributed by atoms with E-state index in [-0.39, 0.29) is 17.6 Å². The summed E-state index contributed by atoms with van der Waals surface area (Å²) in [7, 11) is 2.14. The number of aliphatic imine (C=N–C) groups is 1. The molecule has 0 radical (unpaired) electrons. The van der Waals surface area contributed by atoms with Crippen LogP contribution in [0.1, 0.15) is 56.6 Å². The molecule has 4 heterocycles. The molecule has 0 aliphatic carbocycles. The van der Waals surface area contributed by atoms with E-state index in [1.165, 1.54) is 16.8 Å². The van der Waals surface area contributed by atoms with Crippen molar-refractivity contribution in [2.24, 2.45) is 4.99 Å². The van der Waals surface area contributed by atoms with Gasteiger partial charge in [-0.05, 0) is 56.2 Å². The first-order valence-corrected chi connectivity index (χ1v) is 11.7. The van der Waals surface area contributed by atoms with Gasteiger partial charge in [0.1, 0.15) is 6.04 Å². The number of benzene rings is 1. The Kier molecular flexibility index (Phi) is 4.67. The summed E-state index contributed by atoms with van der Waals surface area (Å²) in [5.74, 6) is 0. The molecule has 5 rings (SSSR count). The van der Waals surface area contributed by atoms with E-state index >= 15 is 0 Å². The molecule has 1 aromatic heterocycles. The lowest BCUT2D eigenvalue weighted by Gasteiger charge is -2.41. The van der Waals surface area contributed by atoms with Crippen molar-refractivity contribution >= 4 is 39.8 Å². The highest BCUT2D eigenvalue weighted by atomic mass is 35.5. The number of anilines is 1. The third kappa shape index (κ3) is 3.05. The van der Waals surface area contributed by atoms with E-state index < -0.39 is 0 Å². The van der Waals surface area contributed by atoms with Gasteiger partial charge in [0.2, 0.25) is 0 Å². The van der Waals surface area contributed by atoms with Gasteiger partial charge in [-0.2, -0.15) is 0 Å². The van der Waals surface area contributed by atoms with E-state index in [0.717, 1.165) is 28.0 Å². The number of hydrogen-bond donors (Lipinski definition) is 0. The van der Waals surface area contributed by atoms with Gasteiger partial charge < -0.3 is 9.80 Å². The molecule has 156 valence electrons. The molecule has 3 atom stereocenters. The van der Waals surface area contributed by atoms with E-state index in [0.29, 0.717) is 5.25 Å². The van der Waals surface area contributed by atoms with Gasteiger partial charge in [-0.1, -0.05) is 42.4 Å². The number of rotatable bonds is 2. The van der Waals surface area contributed by atoms with Crippen LogP contribution in [0.25, 0.3) is 5.57 Å². The molecule has 3 aliphatic rings. The Morgan fingerprint density at radius 2 is 2.03 bits per heavy atom. The van der Waals surface area contributed by atoms with Crippen LogP contribution in [0.4, 0.5) is 5.69 Å². The highest BCUT2D eigenvalue weighted by Crippen LogP contribution is 2.51. The second-order valence-electron chi connectivity index (χ2n) is 9.07. The summed E-state index contributed by atoms with van der Waals surface area (Å²) in [5.41, 5.74) is 5.83. The predicted molar refractivity (Wildman–Crippen MR) is 128 cm³/mol. The minimum absolute atomic E-state index is 0.0386. The van der Waals surface area contributed by atoms with E-state index in [1.54, 1.807) is 0 Å². The van der Waals surface area contributed by atoms with Crippen LogP contribution in [-0.2, 0) is 0 Å². The van der Waals surface area contributed by atoms with Crippen molar-refractivity contribution in [1.29, 1.82) is 0 Å². The molecule has 0 N–H and O–H groups in total. The van der Waals surface area contributed by atoms with Gasteiger partial charge in [-0.3, -0.25) is 9.98 Å². The molecule has 1 aromatic carbocycles. The van der Waals surface area contributed by atoms with Crippen molar-refractivity contribution in [3.05, 3.63) is 64.4 Å². The topological polar surface area (TPSA) is 31.7 Å². The normalized spacial score (nSPS) is 26.9. The number of nitrogens with zero attached hydrogens (tertiary/aromatic N) is 4. The van der Waals surface area contributed by atoms with Crippen molar-refractivity contribution in [3.63, 3.8) is 0 Å². The molecule has 0 saturated carbocycles. The number of aromatic nitrogens is 1. The second-order valence-corrected chi connectivity index (χ2v) is 10.9. The number of thioether (sulfide) groups is 1. The Morgan fingerprint density at radius 3 is 2.77 bits per heavy atom. The first-order chi connectivity index (χ1) is 14.3. The van der Waals surface area contributed by atoms with Crippen LogP contribution in [0, 0.1) is 0 Å². The quantitative estimate of drug-likeness (QED) is 0.579. The molecule has 30 heavy (non-hydrogen) atoms. The summed E-state index contributed by atoms with van der Waals surface area (Å²) in [6, 6.07) is 10.5. The predicted octanol–water partition coefficient (Wildman–Crippen LogP) is 5.96. The van der Waals surface area contributed by atoms with Crippen molar-refractivity contribution in [2.75, 3.05) is 18.5 Å². The fraction of sp³-hybridized carbons (Fsp3) is 0.417. The van der Waals surface area contributed by atoms with Crippen molar-refractivity contribution in [2.45, 2.75) is 50.6 Å². The van der Waals surface area contributed by atoms with Gasteiger partial charge >= 0.3 is 0 Å². The number of likely N-dealkylation sites (N-methyl/N-ethyl adjacent to an activating group) is 1. The second kappa shape index (κ2) is 7.03. The number of fused-ring (bicyclic) bond motifs is 2. The van der Waals surface area contributed by atoms with Crippen LogP contribution in [0.3, 0.4) is 0 Å². The van der Waals surface area contributed by atoms with Crippen LogP contribution < -0.4 is 4.90 Å². The number of amidine groups is 1. The van der Waals surface area contributed by atoms with Crippen molar-refractivity contribution < 1.29 is 0 Å². The van der Waals surface area contributed by atoms with Crippen LogP contribution in [0.2, 0.25) is 5.02 Å². The summed E-state index contributed by atoms with van der Waals surface area (Å²) in [6.45, 7) is 9.91. The molecule has 2 aromatic rings. The van der Waals surface area contributed by atoms with Gasteiger partial charge in [0, 0.05) is 41.3 Å². The largest absolute Gasteiger partial charge is 0.365 e. The van der Waals surface area contributed by atoms with Gasteiger partial charge in [-0.25, -0.2) is 0 Å². The maximum atomic E-state index is 6.98. The summed E-state index contributed by atoms with van der Waals surface area (Å²) in [4.78, 5) is 14.5.